The van der Waals surface area contributed by atoms with Crippen LogP contribution in [-0.2, 0) is 10.6 Å². The van der Waals surface area contributed by atoms with E-state index in [9.17, 15) is 0 Å². The smallest absolute Gasteiger partial charge is 0.142 e. The van der Waals surface area contributed by atoms with Crippen molar-refractivity contribution in [3.63, 3.8) is 0 Å². The first kappa shape index (κ1) is 14.8. The van der Waals surface area contributed by atoms with Gasteiger partial charge < -0.3 is 9.47 Å². The van der Waals surface area contributed by atoms with Crippen LogP contribution in [0.1, 0.15) is 37.7 Å². The minimum absolute atomic E-state index is 0.0585. The Kier molecular flexibility index (Phi) is 4.37. The van der Waals surface area contributed by atoms with E-state index in [1.54, 1.807) is 6.07 Å². The van der Waals surface area contributed by atoms with Crippen molar-refractivity contribution in [3.8, 4) is 5.75 Å². The van der Waals surface area contributed by atoms with Gasteiger partial charge in [0.15, 0.2) is 0 Å². The highest BCUT2D eigenvalue weighted by Crippen LogP contribution is 2.44. The van der Waals surface area contributed by atoms with Gasteiger partial charge in [-0.25, -0.2) is 0 Å². The van der Waals surface area contributed by atoms with Crippen LogP contribution in [0, 0.1) is 0 Å². The molecule has 1 saturated heterocycles. The van der Waals surface area contributed by atoms with Gasteiger partial charge in [-0.2, -0.15) is 0 Å². The van der Waals surface area contributed by atoms with E-state index in [1.807, 2.05) is 6.07 Å². The highest BCUT2D eigenvalue weighted by molar-refractivity contribution is 6.36. The largest absolute Gasteiger partial charge is 0.488 e. The Hall–Kier alpha value is -0.150. The van der Waals surface area contributed by atoms with E-state index in [0.717, 1.165) is 37.9 Å². The summed E-state index contributed by atoms with van der Waals surface area (Å²) in [5.41, 5.74) is 0.904. The molecular formula is C15H17Cl3O2. The van der Waals surface area contributed by atoms with Crippen molar-refractivity contribution in [1.29, 1.82) is 0 Å². The predicted octanol–water partition coefficient (Wildman–Crippen LogP) is 5.21. The van der Waals surface area contributed by atoms with Gasteiger partial charge in [0.25, 0.3) is 0 Å². The summed E-state index contributed by atoms with van der Waals surface area (Å²) in [6.45, 7) is 0.756. The Bertz CT molecular complexity index is 500. The second-order valence-electron chi connectivity index (χ2n) is 5.63. The SMILES string of the molecule is ClCc1cc(Cl)cc(Cl)c1OC1CCOC2(CCC2)C1. The summed E-state index contributed by atoms with van der Waals surface area (Å²) in [5, 5.41) is 1.11. The van der Waals surface area contributed by atoms with Crippen LogP contribution in [0.15, 0.2) is 12.1 Å². The molecule has 2 aliphatic rings. The lowest BCUT2D eigenvalue weighted by Gasteiger charge is -2.47. The average molecular weight is 336 g/mol. The van der Waals surface area contributed by atoms with Crippen LogP contribution in [0.2, 0.25) is 10.0 Å². The molecule has 0 bridgehead atoms. The van der Waals surface area contributed by atoms with Crippen LogP contribution < -0.4 is 4.74 Å². The minimum atomic E-state index is 0.0585. The average Bonchev–Trinajstić information content (AvgIpc) is 2.40. The monoisotopic (exact) mass is 334 g/mol. The van der Waals surface area contributed by atoms with Gasteiger partial charge in [-0.1, -0.05) is 23.2 Å². The third kappa shape index (κ3) is 2.89. The van der Waals surface area contributed by atoms with Crippen molar-refractivity contribution in [3.05, 3.63) is 27.7 Å². The summed E-state index contributed by atoms with van der Waals surface area (Å²) < 4.78 is 12.1. The molecule has 0 radical (unpaired) electrons. The molecule has 5 heteroatoms. The van der Waals surface area contributed by atoms with Crippen LogP contribution in [-0.4, -0.2) is 18.3 Å². The Morgan fingerprint density at radius 2 is 2.10 bits per heavy atom. The summed E-state index contributed by atoms with van der Waals surface area (Å²) >= 11 is 18.2. The first-order chi connectivity index (χ1) is 9.62. The van der Waals surface area contributed by atoms with Gasteiger partial charge in [0, 0.05) is 23.4 Å². The lowest BCUT2D eigenvalue weighted by atomic mass is 9.74. The molecule has 1 aliphatic heterocycles. The molecule has 1 heterocycles. The number of alkyl halides is 1. The molecule has 2 fully saturated rings. The first-order valence-corrected chi connectivity index (χ1v) is 8.25. The fraction of sp³-hybridized carbons (Fsp3) is 0.600. The van der Waals surface area contributed by atoms with Crippen LogP contribution in [0.4, 0.5) is 0 Å². The summed E-state index contributed by atoms with van der Waals surface area (Å²) in [6.07, 6.45) is 5.51. The highest BCUT2D eigenvalue weighted by atomic mass is 35.5. The summed E-state index contributed by atoms with van der Waals surface area (Å²) in [6, 6.07) is 3.52. The van der Waals surface area contributed by atoms with Gasteiger partial charge in [-0.05, 0) is 31.4 Å². The lowest BCUT2D eigenvalue weighted by molar-refractivity contribution is -0.153. The lowest BCUT2D eigenvalue weighted by Crippen LogP contribution is -2.48. The fourth-order valence-electron chi connectivity index (χ4n) is 3.01. The van der Waals surface area contributed by atoms with E-state index in [4.69, 9.17) is 44.3 Å². The second-order valence-corrected chi connectivity index (χ2v) is 6.74. The van der Waals surface area contributed by atoms with E-state index in [-0.39, 0.29) is 11.7 Å². The predicted molar refractivity (Wildman–Crippen MR) is 82.2 cm³/mol. The standard InChI is InChI=1S/C15H17Cl3O2/c16-9-10-6-11(17)7-13(18)14(10)20-12-2-5-19-15(8-12)3-1-4-15/h6-7,12H,1-5,8-9H2. The Morgan fingerprint density at radius 1 is 1.30 bits per heavy atom. The number of ether oxygens (including phenoxy) is 2. The Morgan fingerprint density at radius 3 is 2.75 bits per heavy atom. The number of benzene rings is 1. The summed E-state index contributed by atoms with van der Waals surface area (Å²) in [5.74, 6) is 1.01. The van der Waals surface area contributed by atoms with Crippen LogP contribution in [0.25, 0.3) is 0 Å². The third-order valence-electron chi connectivity index (χ3n) is 4.23. The van der Waals surface area contributed by atoms with Gasteiger partial charge in [-0.3, -0.25) is 0 Å². The van der Waals surface area contributed by atoms with E-state index in [0.29, 0.717) is 21.7 Å². The van der Waals surface area contributed by atoms with Crippen LogP contribution in [0.5, 0.6) is 5.75 Å². The van der Waals surface area contributed by atoms with Crippen molar-refractivity contribution in [1.82, 2.24) is 0 Å². The fourth-order valence-corrected chi connectivity index (χ4v) is 3.79. The summed E-state index contributed by atoms with van der Waals surface area (Å²) in [7, 11) is 0. The van der Waals surface area contributed by atoms with E-state index >= 15 is 0 Å². The molecule has 0 N–H and O–H groups in total. The van der Waals surface area contributed by atoms with Crippen molar-refractivity contribution in [2.75, 3.05) is 6.61 Å². The molecule has 1 saturated carbocycles. The zero-order valence-corrected chi connectivity index (χ0v) is 13.4. The van der Waals surface area contributed by atoms with E-state index < -0.39 is 0 Å². The minimum Gasteiger partial charge on any atom is -0.488 e. The molecule has 1 aliphatic carbocycles. The number of hydrogen-bond donors (Lipinski definition) is 0. The maximum absolute atomic E-state index is 6.25. The molecule has 110 valence electrons. The Balaban J connectivity index is 1.77. The molecule has 1 spiro atoms. The van der Waals surface area contributed by atoms with Gasteiger partial charge >= 0.3 is 0 Å². The third-order valence-corrected chi connectivity index (χ3v) is 5.01. The zero-order valence-electron chi connectivity index (χ0n) is 11.1. The molecule has 0 aromatic heterocycles. The summed E-state index contributed by atoms with van der Waals surface area (Å²) in [4.78, 5) is 0. The van der Waals surface area contributed by atoms with Gasteiger partial charge in [-0.15, -0.1) is 11.6 Å². The molecular weight excluding hydrogens is 319 g/mol. The normalized spacial score (nSPS) is 24.4. The van der Waals surface area contributed by atoms with Crippen molar-refractivity contribution >= 4 is 34.8 Å². The number of halogens is 3. The molecule has 1 unspecified atom stereocenters. The molecule has 1 atom stereocenters. The molecule has 3 rings (SSSR count). The topological polar surface area (TPSA) is 18.5 Å². The number of rotatable bonds is 3. The molecule has 1 aromatic rings. The van der Waals surface area contributed by atoms with Crippen molar-refractivity contribution in [2.24, 2.45) is 0 Å². The van der Waals surface area contributed by atoms with Gasteiger partial charge in [0.05, 0.1) is 23.1 Å². The maximum Gasteiger partial charge on any atom is 0.142 e. The van der Waals surface area contributed by atoms with Crippen LogP contribution >= 0.6 is 34.8 Å². The first-order valence-electron chi connectivity index (χ1n) is 6.96. The van der Waals surface area contributed by atoms with Crippen molar-refractivity contribution < 1.29 is 9.47 Å². The second kappa shape index (κ2) is 5.92. The zero-order chi connectivity index (χ0) is 14.2. The number of hydrogen-bond acceptors (Lipinski definition) is 2. The molecule has 20 heavy (non-hydrogen) atoms. The highest BCUT2D eigenvalue weighted by Gasteiger charge is 2.43. The van der Waals surface area contributed by atoms with Crippen molar-refractivity contribution in [2.45, 2.75) is 49.7 Å². The van der Waals surface area contributed by atoms with Gasteiger partial charge in [0.2, 0.25) is 0 Å². The Labute approximate surface area is 134 Å². The molecule has 2 nitrogen and oxygen atoms in total. The van der Waals surface area contributed by atoms with Crippen LogP contribution in [0.3, 0.4) is 0 Å². The quantitative estimate of drug-likeness (QED) is 0.706. The maximum atomic E-state index is 6.25. The molecule has 1 aromatic carbocycles. The van der Waals surface area contributed by atoms with E-state index in [1.165, 1.54) is 6.42 Å². The molecule has 0 amide bonds. The van der Waals surface area contributed by atoms with E-state index in [2.05, 4.69) is 0 Å². The van der Waals surface area contributed by atoms with Gasteiger partial charge in [0.1, 0.15) is 11.9 Å².